The van der Waals surface area contributed by atoms with Gasteiger partial charge in [0.25, 0.3) is 0 Å². The van der Waals surface area contributed by atoms with Crippen LogP contribution in [-0.4, -0.2) is 70.4 Å². The van der Waals surface area contributed by atoms with E-state index in [1.54, 1.807) is 32.4 Å². The van der Waals surface area contributed by atoms with E-state index >= 15 is 0 Å². The van der Waals surface area contributed by atoms with Crippen molar-refractivity contribution >= 4 is 31.8 Å². The van der Waals surface area contributed by atoms with Crippen molar-refractivity contribution in [2.75, 3.05) is 52.4 Å². The maximum atomic E-state index is 13.2. The van der Waals surface area contributed by atoms with Crippen molar-refractivity contribution in [2.45, 2.75) is 4.90 Å². The number of hydrogen-bond donors (Lipinski definition) is 0. The SMILES string of the molecule is COc1ccc(OC)c(-c2ccc(N3CCN(S(=O)(=O)c4cc(Br)ccc4OC)CC3)nn2)c1. The van der Waals surface area contributed by atoms with Gasteiger partial charge in [-0.2, -0.15) is 4.31 Å². The van der Waals surface area contributed by atoms with Crippen molar-refractivity contribution < 1.29 is 22.6 Å². The summed E-state index contributed by atoms with van der Waals surface area (Å²) >= 11 is 3.34. The van der Waals surface area contributed by atoms with E-state index in [1.165, 1.54) is 11.4 Å². The van der Waals surface area contributed by atoms with Crippen molar-refractivity contribution in [3.8, 4) is 28.5 Å². The second-order valence-electron chi connectivity index (χ2n) is 7.53. The van der Waals surface area contributed by atoms with Crippen LogP contribution in [0.5, 0.6) is 17.2 Å². The van der Waals surface area contributed by atoms with Crippen LogP contribution in [-0.2, 0) is 10.0 Å². The minimum Gasteiger partial charge on any atom is -0.497 e. The lowest BCUT2D eigenvalue weighted by atomic mass is 10.1. The molecule has 0 bridgehead atoms. The molecule has 0 saturated carbocycles. The molecule has 1 aliphatic rings. The molecule has 11 heteroatoms. The molecule has 0 N–H and O–H groups in total. The van der Waals surface area contributed by atoms with Crippen LogP contribution in [0.15, 0.2) is 57.9 Å². The van der Waals surface area contributed by atoms with Crippen LogP contribution in [0.4, 0.5) is 5.82 Å². The molecule has 34 heavy (non-hydrogen) atoms. The summed E-state index contributed by atoms with van der Waals surface area (Å²) in [7, 11) is 0.967. The summed E-state index contributed by atoms with van der Waals surface area (Å²) in [6, 6.07) is 14.2. The van der Waals surface area contributed by atoms with Crippen molar-refractivity contribution in [3.05, 3.63) is 53.0 Å². The quantitative estimate of drug-likeness (QED) is 0.443. The number of sulfonamides is 1. The maximum Gasteiger partial charge on any atom is 0.246 e. The largest absolute Gasteiger partial charge is 0.497 e. The summed E-state index contributed by atoms with van der Waals surface area (Å²) < 4.78 is 44.6. The number of anilines is 1. The first-order valence-electron chi connectivity index (χ1n) is 10.5. The Hall–Kier alpha value is -2.89. The number of aromatic nitrogens is 2. The van der Waals surface area contributed by atoms with Crippen LogP contribution in [0.1, 0.15) is 0 Å². The Morgan fingerprint density at radius 1 is 0.824 bits per heavy atom. The molecule has 0 radical (unpaired) electrons. The van der Waals surface area contributed by atoms with Crippen LogP contribution in [0.3, 0.4) is 0 Å². The molecule has 2 heterocycles. The molecular formula is C23H25BrN4O5S. The number of methoxy groups -OCH3 is 3. The molecule has 9 nitrogen and oxygen atoms in total. The predicted octanol–water partition coefficient (Wildman–Crippen LogP) is 3.44. The molecule has 0 spiro atoms. The molecule has 1 aliphatic heterocycles. The third-order valence-corrected chi connectivity index (χ3v) is 8.05. The first kappa shape index (κ1) is 24.2. The van der Waals surface area contributed by atoms with E-state index in [0.717, 1.165) is 5.56 Å². The van der Waals surface area contributed by atoms with Gasteiger partial charge in [-0.25, -0.2) is 8.42 Å². The predicted molar refractivity (Wildman–Crippen MR) is 132 cm³/mol. The fourth-order valence-corrected chi connectivity index (χ4v) is 5.92. The van der Waals surface area contributed by atoms with Gasteiger partial charge in [0.1, 0.15) is 22.1 Å². The molecule has 180 valence electrons. The van der Waals surface area contributed by atoms with Crippen molar-refractivity contribution in [1.82, 2.24) is 14.5 Å². The third kappa shape index (κ3) is 4.82. The molecule has 4 rings (SSSR count). The number of piperazine rings is 1. The number of benzene rings is 2. The standard InChI is InChI=1S/C23H25BrN4O5S/c1-31-17-5-8-20(32-2)18(15-17)19-6-9-23(26-25-19)27-10-12-28(13-11-27)34(29,30)22-14-16(24)4-7-21(22)33-3/h4-9,14-15H,10-13H2,1-3H3. The van der Waals surface area contributed by atoms with Gasteiger partial charge in [0.05, 0.1) is 27.0 Å². The highest BCUT2D eigenvalue weighted by Crippen LogP contribution is 2.33. The molecule has 0 atom stereocenters. The van der Waals surface area contributed by atoms with Crippen molar-refractivity contribution in [3.63, 3.8) is 0 Å². The maximum absolute atomic E-state index is 13.2. The molecule has 0 unspecified atom stereocenters. The number of halogens is 1. The second-order valence-corrected chi connectivity index (χ2v) is 10.4. The zero-order valence-corrected chi connectivity index (χ0v) is 21.5. The van der Waals surface area contributed by atoms with Crippen LogP contribution in [0, 0.1) is 0 Å². The van der Waals surface area contributed by atoms with Gasteiger partial charge in [-0.3, -0.25) is 0 Å². The van der Waals surface area contributed by atoms with Crippen LogP contribution < -0.4 is 19.1 Å². The Balaban J connectivity index is 1.49. The number of ether oxygens (including phenoxy) is 3. The van der Waals surface area contributed by atoms with Gasteiger partial charge in [-0.1, -0.05) is 15.9 Å². The number of hydrogen-bond acceptors (Lipinski definition) is 8. The average molecular weight is 549 g/mol. The molecule has 1 fully saturated rings. The lowest BCUT2D eigenvalue weighted by Crippen LogP contribution is -2.49. The Kier molecular flexibility index (Phi) is 7.24. The van der Waals surface area contributed by atoms with Crippen LogP contribution in [0.25, 0.3) is 11.3 Å². The highest BCUT2D eigenvalue weighted by molar-refractivity contribution is 9.10. The molecular weight excluding hydrogens is 524 g/mol. The van der Waals surface area contributed by atoms with Crippen molar-refractivity contribution in [2.24, 2.45) is 0 Å². The highest BCUT2D eigenvalue weighted by Gasteiger charge is 2.31. The summed E-state index contributed by atoms with van der Waals surface area (Å²) in [6.45, 7) is 1.63. The zero-order chi connectivity index (χ0) is 24.3. The molecule has 1 aromatic heterocycles. The van der Waals surface area contributed by atoms with Gasteiger partial charge in [-0.15, -0.1) is 10.2 Å². The topological polar surface area (TPSA) is 94.1 Å². The van der Waals surface area contributed by atoms with Gasteiger partial charge in [0, 0.05) is 36.2 Å². The molecule has 1 saturated heterocycles. The van der Waals surface area contributed by atoms with Gasteiger partial charge in [0.15, 0.2) is 5.82 Å². The zero-order valence-electron chi connectivity index (χ0n) is 19.1. The van der Waals surface area contributed by atoms with Crippen LogP contribution in [0.2, 0.25) is 0 Å². The lowest BCUT2D eigenvalue weighted by molar-refractivity contribution is 0.373. The fourth-order valence-electron chi connectivity index (χ4n) is 3.80. The summed E-state index contributed by atoms with van der Waals surface area (Å²) in [5, 5.41) is 8.75. The smallest absolute Gasteiger partial charge is 0.246 e. The first-order valence-corrected chi connectivity index (χ1v) is 12.8. The van der Waals surface area contributed by atoms with E-state index in [2.05, 4.69) is 26.1 Å². The normalized spacial score (nSPS) is 14.6. The molecule has 3 aromatic rings. The van der Waals surface area contributed by atoms with E-state index in [0.29, 0.717) is 59.4 Å². The second kappa shape index (κ2) is 10.2. The fraction of sp³-hybridized carbons (Fsp3) is 0.304. The summed E-state index contributed by atoms with van der Waals surface area (Å²) in [6.07, 6.45) is 0. The van der Waals surface area contributed by atoms with Gasteiger partial charge in [-0.05, 0) is 48.5 Å². The summed E-state index contributed by atoms with van der Waals surface area (Å²) in [4.78, 5) is 2.17. The first-order chi connectivity index (χ1) is 16.4. The van der Waals surface area contributed by atoms with E-state index in [-0.39, 0.29) is 4.90 Å². The Morgan fingerprint density at radius 3 is 2.15 bits per heavy atom. The number of rotatable bonds is 7. The van der Waals surface area contributed by atoms with Gasteiger partial charge in [0.2, 0.25) is 10.0 Å². The molecule has 0 aliphatic carbocycles. The Morgan fingerprint density at radius 2 is 1.53 bits per heavy atom. The Bertz CT molecular complexity index is 1260. The number of nitrogens with zero attached hydrogens (tertiary/aromatic N) is 4. The monoisotopic (exact) mass is 548 g/mol. The minimum atomic E-state index is -3.70. The molecule has 0 amide bonds. The third-order valence-electron chi connectivity index (χ3n) is 5.64. The van der Waals surface area contributed by atoms with Gasteiger partial charge >= 0.3 is 0 Å². The summed E-state index contributed by atoms with van der Waals surface area (Å²) in [5.74, 6) is 2.37. The molecule has 2 aromatic carbocycles. The van der Waals surface area contributed by atoms with Crippen molar-refractivity contribution in [1.29, 1.82) is 0 Å². The van der Waals surface area contributed by atoms with Gasteiger partial charge < -0.3 is 19.1 Å². The minimum absolute atomic E-state index is 0.147. The van der Waals surface area contributed by atoms with E-state index in [1.807, 2.05) is 35.2 Å². The van der Waals surface area contributed by atoms with E-state index in [9.17, 15) is 8.42 Å². The summed E-state index contributed by atoms with van der Waals surface area (Å²) in [5.41, 5.74) is 1.43. The lowest BCUT2D eigenvalue weighted by Gasteiger charge is -2.34. The van der Waals surface area contributed by atoms with E-state index < -0.39 is 10.0 Å². The average Bonchev–Trinajstić information content (AvgIpc) is 2.88. The Labute approximate surface area is 207 Å². The highest BCUT2D eigenvalue weighted by atomic mass is 79.9. The van der Waals surface area contributed by atoms with E-state index in [4.69, 9.17) is 14.2 Å². The van der Waals surface area contributed by atoms with Crippen LogP contribution >= 0.6 is 15.9 Å².